The van der Waals surface area contributed by atoms with Gasteiger partial charge in [0.2, 0.25) is 11.0 Å². The molecule has 19 nitrogen and oxygen atoms in total. The van der Waals surface area contributed by atoms with E-state index in [4.69, 9.17) is 15.3 Å². The summed E-state index contributed by atoms with van der Waals surface area (Å²) in [7, 11) is -5.16. The van der Waals surface area contributed by atoms with Crippen LogP contribution in [0.3, 0.4) is 0 Å². The standard InChI is InChI=1S/C22H23N7O12S3/c1-22(2,20(35)36)41-28-14(9-6-43-21(23)26-9)16(32)27-15-11(29(18(15)33)44(37,38)39)5-40-19(34)10-7-42-17(25-10)8-3-12(30)13(31)4-24-8/h3-4,7,9,11,15,31H,5-6H2,1-2H3,(H2,23,26)(H,24,30)(H,27,32)(H,35,36)(H,37,38,39)/b28-14-/t9?,11-,15+/m1/s1. The Balaban J connectivity index is 1.51. The van der Waals surface area contributed by atoms with E-state index in [1.54, 1.807) is 0 Å². The Bertz CT molecular complexity index is 1750. The van der Waals surface area contributed by atoms with Crippen molar-refractivity contribution in [3.63, 3.8) is 0 Å². The molecule has 1 fully saturated rings. The van der Waals surface area contributed by atoms with Crippen LogP contribution in [0.15, 0.2) is 32.6 Å². The molecule has 2 aromatic rings. The molecule has 0 bridgehead atoms. The summed E-state index contributed by atoms with van der Waals surface area (Å²) in [5.74, 6) is -5.28. The minimum absolute atomic E-state index is 0.00129. The van der Waals surface area contributed by atoms with Crippen LogP contribution in [0.25, 0.3) is 10.7 Å². The number of nitrogens with one attached hydrogen (secondary N) is 2. The number of aromatic amines is 1. The van der Waals surface area contributed by atoms with Crippen LogP contribution in [0, 0.1) is 0 Å². The summed E-state index contributed by atoms with van der Waals surface area (Å²) in [5.41, 5.74) is 2.54. The zero-order valence-electron chi connectivity index (χ0n) is 22.5. The predicted molar refractivity (Wildman–Crippen MR) is 152 cm³/mol. The summed E-state index contributed by atoms with van der Waals surface area (Å²) in [6.07, 6.45) is 1.03. The number of β-lactam (4-membered cyclic amide) rings is 1. The Kier molecular flexibility index (Phi) is 8.99. The summed E-state index contributed by atoms with van der Waals surface area (Å²) < 4.78 is 38.4. The number of carboxylic acid groups (broad SMARTS) is 1. The first kappa shape index (κ1) is 32.4. The van der Waals surface area contributed by atoms with E-state index in [0.717, 1.165) is 49.2 Å². The number of aliphatic imine (C=N–C) groups is 1. The number of pyridine rings is 1. The SMILES string of the molecule is CC(C)(O/N=C(\C(=O)N[C@@H]1C(=O)N(S(=O)(=O)O)[C@@H]1COC(=O)c1csc(-c2cc(=O)c(O)c[nH]2)n1)C1CSC(N)=N1)C(=O)O. The fourth-order valence-electron chi connectivity index (χ4n) is 3.64. The number of hydrogen-bond acceptors (Lipinski definition) is 16. The van der Waals surface area contributed by atoms with Gasteiger partial charge >= 0.3 is 22.2 Å². The van der Waals surface area contributed by atoms with Gasteiger partial charge in [0.05, 0.1) is 5.69 Å². The molecule has 22 heteroatoms. The molecule has 2 aliphatic rings. The molecule has 7 N–H and O–H groups in total. The summed E-state index contributed by atoms with van der Waals surface area (Å²) in [5, 5.41) is 26.1. The number of carbonyl (C=O) groups is 4. The molecule has 0 spiro atoms. The number of hydrogen-bond donors (Lipinski definition) is 6. The number of thioether (sulfide) groups is 1. The fraction of sp³-hybridized carbons (Fsp3) is 0.364. The Morgan fingerprint density at radius 3 is 2.61 bits per heavy atom. The molecule has 2 aromatic heterocycles. The van der Waals surface area contributed by atoms with E-state index in [9.17, 15) is 47.2 Å². The minimum Gasteiger partial charge on any atom is -0.503 e. The van der Waals surface area contributed by atoms with E-state index in [1.807, 2.05) is 0 Å². The lowest BCUT2D eigenvalue weighted by atomic mass is 9.99. The number of esters is 1. The Labute approximate surface area is 255 Å². The number of ether oxygens (including phenoxy) is 1. The molecule has 0 aliphatic carbocycles. The molecule has 236 valence electrons. The smallest absolute Gasteiger partial charge is 0.362 e. The van der Waals surface area contributed by atoms with Gasteiger partial charge in [0.25, 0.3) is 11.8 Å². The number of nitrogens with two attached hydrogens (primary N) is 1. The Morgan fingerprint density at radius 2 is 2.02 bits per heavy atom. The molecule has 0 radical (unpaired) electrons. The van der Waals surface area contributed by atoms with Gasteiger partial charge in [0.15, 0.2) is 22.3 Å². The first-order valence-corrected chi connectivity index (χ1v) is 15.4. The summed E-state index contributed by atoms with van der Waals surface area (Å²) in [6, 6.07) is -3.23. The van der Waals surface area contributed by atoms with E-state index in [2.05, 4.69) is 25.4 Å². The maximum Gasteiger partial charge on any atom is 0.362 e. The number of aliphatic carboxylic acids is 1. The van der Waals surface area contributed by atoms with Gasteiger partial charge in [-0.15, -0.1) is 11.3 Å². The third kappa shape index (κ3) is 6.82. The molecular weight excluding hydrogens is 650 g/mol. The second-order valence-corrected chi connectivity index (χ2v) is 12.7. The molecule has 2 amide bonds. The van der Waals surface area contributed by atoms with Crippen molar-refractivity contribution in [2.45, 2.75) is 37.6 Å². The van der Waals surface area contributed by atoms with Crippen LogP contribution in [0.5, 0.6) is 5.75 Å². The van der Waals surface area contributed by atoms with Crippen LogP contribution in [0.4, 0.5) is 0 Å². The molecule has 0 saturated carbocycles. The van der Waals surface area contributed by atoms with Crippen molar-refractivity contribution in [1.29, 1.82) is 0 Å². The average molecular weight is 674 g/mol. The number of aromatic nitrogens is 2. The molecule has 3 atom stereocenters. The molecule has 1 saturated heterocycles. The number of carboxylic acids is 1. The maximum atomic E-state index is 13.2. The highest BCUT2D eigenvalue weighted by atomic mass is 32.2. The number of nitrogens with zero attached hydrogens (tertiary/aromatic N) is 4. The van der Waals surface area contributed by atoms with Crippen molar-refractivity contribution >= 4 is 68.0 Å². The lowest BCUT2D eigenvalue weighted by molar-refractivity contribution is -0.161. The van der Waals surface area contributed by atoms with Crippen LogP contribution >= 0.6 is 23.1 Å². The monoisotopic (exact) mass is 673 g/mol. The lowest BCUT2D eigenvalue weighted by Crippen LogP contribution is -2.73. The van der Waals surface area contributed by atoms with Crippen molar-refractivity contribution in [2.75, 3.05) is 12.4 Å². The Hall–Kier alpha value is -4.54. The number of thiazole rings is 1. The normalized spacial score (nSPS) is 20.5. The van der Waals surface area contributed by atoms with E-state index in [-0.39, 0.29) is 31.6 Å². The number of rotatable bonds is 11. The zero-order chi connectivity index (χ0) is 32.6. The van der Waals surface area contributed by atoms with E-state index in [1.165, 1.54) is 5.38 Å². The summed E-state index contributed by atoms with van der Waals surface area (Å²) >= 11 is 1.99. The van der Waals surface area contributed by atoms with E-state index < -0.39 is 81.3 Å². The predicted octanol–water partition coefficient (Wildman–Crippen LogP) is -1.47. The van der Waals surface area contributed by atoms with Crippen molar-refractivity contribution in [2.24, 2.45) is 15.9 Å². The Morgan fingerprint density at radius 1 is 1.32 bits per heavy atom. The molecule has 2 aliphatic heterocycles. The van der Waals surface area contributed by atoms with Crippen molar-refractivity contribution in [3.8, 4) is 16.5 Å². The summed E-state index contributed by atoms with van der Waals surface area (Å²) in [6.45, 7) is 1.49. The van der Waals surface area contributed by atoms with E-state index in [0.29, 0.717) is 0 Å². The van der Waals surface area contributed by atoms with Crippen molar-refractivity contribution < 1.29 is 51.9 Å². The average Bonchev–Trinajstić information content (AvgIpc) is 3.60. The highest BCUT2D eigenvalue weighted by molar-refractivity contribution is 8.14. The molecular formula is C22H23N7O12S3. The quantitative estimate of drug-likeness (QED) is 0.0521. The second-order valence-electron chi connectivity index (χ2n) is 9.54. The third-order valence-corrected chi connectivity index (χ3v) is 8.74. The minimum atomic E-state index is -5.16. The first-order chi connectivity index (χ1) is 20.5. The first-order valence-electron chi connectivity index (χ1n) is 12.1. The highest BCUT2D eigenvalue weighted by Crippen LogP contribution is 2.26. The van der Waals surface area contributed by atoms with Crippen LogP contribution < -0.4 is 16.5 Å². The van der Waals surface area contributed by atoms with Gasteiger partial charge in [-0.2, -0.15) is 8.42 Å². The van der Waals surface area contributed by atoms with Crippen LogP contribution in [-0.4, -0.2) is 108 Å². The molecule has 44 heavy (non-hydrogen) atoms. The van der Waals surface area contributed by atoms with Gasteiger partial charge < -0.3 is 35.8 Å². The summed E-state index contributed by atoms with van der Waals surface area (Å²) in [4.78, 5) is 77.3. The number of carbonyl (C=O) groups excluding carboxylic acids is 3. The van der Waals surface area contributed by atoms with Crippen LogP contribution in [0.2, 0.25) is 0 Å². The zero-order valence-corrected chi connectivity index (χ0v) is 24.9. The van der Waals surface area contributed by atoms with Crippen molar-refractivity contribution in [3.05, 3.63) is 33.6 Å². The largest absolute Gasteiger partial charge is 0.503 e. The van der Waals surface area contributed by atoms with Gasteiger partial charge in [0, 0.05) is 23.4 Å². The molecule has 4 heterocycles. The molecule has 0 aromatic carbocycles. The van der Waals surface area contributed by atoms with Crippen LogP contribution in [0.1, 0.15) is 24.3 Å². The van der Waals surface area contributed by atoms with Gasteiger partial charge in [-0.25, -0.2) is 18.9 Å². The number of aromatic hydroxyl groups is 1. The lowest BCUT2D eigenvalue weighted by Gasteiger charge is -2.43. The van der Waals surface area contributed by atoms with Crippen molar-refractivity contribution in [1.82, 2.24) is 19.6 Å². The maximum absolute atomic E-state index is 13.2. The number of amides is 2. The number of amidine groups is 1. The van der Waals surface area contributed by atoms with Gasteiger partial charge in [-0.3, -0.25) is 23.9 Å². The van der Waals surface area contributed by atoms with Gasteiger partial charge in [-0.05, 0) is 13.8 Å². The highest BCUT2D eigenvalue weighted by Gasteiger charge is 2.55. The fourth-order valence-corrected chi connectivity index (χ4v) is 6.04. The number of oxime groups is 1. The molecule has 1 unspecified atom stereocenters. The van der Waals surface area contributed by atoms with Gasteiger partial charge in [-0.1, -0.05) is 16.9 Å². The third-order valence-electron chi connectivity index (χ3n) is 6.03. The van der Waals surface area contributed by atoms with E-state index >= 15 is 0 Å². The van der Waals surface area contributed by atoms with Crippen LogP contribution in [-0.2, 0) is 34.3 Å². The second kappa shape index (κ2) is 12.2. The number of H-pyrrole nitrogens is 1. The topological polar surface area (TPSA) is 293 Å². The molecule has 4 rings (SSSR count). The van der Waals surface area contributed by atoms with Gasteiger partial charge in [0.1, 0.15) is 29.7 Å².